The van der Waals surface area contributed by atoms with E-state index >= 15 is 0 Å². The van der Waals surface area contributed by atoms with Crippen molar-refractivity contribution in [2.45, 2.75) is 6.54 Å². The maximum absolute atomic E-state index is 5.42. The number of anilines is 1. The van der Waals surface area contributed by atoms with Gasteiger partial charge < -0.3 is 11.1 Å². The molecule has 0 unspecified atom stereocenters. The fourth-order valence-corrected chi connectivity index (χ4v) is 1.72. The van der Waals surface area contributed by atoms with E-state index in [1.165, 1.54) is 11.1 Å². The molecule has 0 atom stereocenters. The first-order valence-electron chi connectivity index (χ1n) is 6.13. The van der Waals surface area contributed by atoms with Crippen molar-refractivity contribution in [1.82, 2.24) is 0 Å². The summed E-state index contributed by atoms with van der Waals surface area (Å²) in [5.41, 5.74) is 9.00. The van der Waals surface area contributed by atoms with Crippen LogP contribution in [0.25, 0.3) is 6.08 Å². The highest BCUT2D eigenvalue weighted by molar-refractivity contribution is 5.85. The second-order valence-corrected chi connectivity index (χ2v) is 4.10. The van der Waals surface area contributed by atoms with E-state index in [1.54, 1.807) is 0 Å². The third-order valence-corrected chi connectivity index (χ3v) is 2.70. The van der Waals surface area contributed by atoms with Crippen molar-refractivity contribution in [3.8, 4) is 0 Å². The van der Waals surface area contributed by atoms with E-state index in [-0.39, 0.29) is 12.4 Å². The monoisotopic (exact) mass is 274 g/mol. The van der Waals surface area contributed by atoms with Crippen LogP contribution in [0.15, 0.2) is 60.7 Å². The van der Waals surface area contributed by atoms with E-state index in [0.717, 1.165) is 12.2 Å². The van der Waals surface area contributed by atoms with Gasteiger partial charge in [0.15, 0.2) is 0 Å². The molecule has 0 aliphatic carbocycles. The van der Waals surface area contributed by atoms with Crippen molar-refractivity contribution in [2.75, 3.05) is 11.9 Å². The molecule has 0 amide bonds. The number of hydrogen-bond acceptors (Lipinski definition) is 2. The molecule has 0 saturated carbocycles. The van der Waals surface area contributed by atoms with E-state index in [0.29, 0.717) is 6.54 Å². The number of nitrogens with two attached hydrogens (primary N) is 1. The summed E-state index contributed by atoms with van der Waals surface area (Å²) in [6, 6.07) is 18.7. The smallest absolute Gasteiger partial charge is 0.0400 e. The van der Waals surface area contributed by atoms with Gasteiger partial charge in [-0.05, 0) is 23.3 Å². The average Bonchev–Trinajstić information content (AvgIpc) is 2.45. The Morgan fingerprint density at radius 2 is 1.63 bits per heavy atom. The predicted molar refractivity (Wildman–Crippen MR) is 85.5 cm³/mol. The standard InChI is InChI=1S/C16H18N2.ClH/c17-12-4-7-14-8-10-16(11-9-14)18-13-15-5-2-1-3-6-15;/h1-11,18H,12-13,17H2;1H. The molecule has 19 heavy (non-hydrogen) atoms. The van der Waals surface area contributed by atoms with Gasteiger partial charge in [-0.15, -0.1) is 12.4 Å². The zero-order valence-electron chi connectivity index (χ0n) is 10.8. The second-order valence-electron chi connectivity index (χ2n) is 4.10. The van der Waals surface area contributed by atoms with Gasteiger partial charge in [0, 0.05) is 18.8 Å². The summed E-state index contributed by atoms with van der Waals surface area (Å²) in [6.45, 7) is 1.42. The van der Waals surface area contributed by atoms with Crippen LogP contribution in [0.5, 0.6) is 0 Å². The SMILES string of the molecule is Cl.NCC=Cc1ccc(NCc2ccccc2)cc1. The molecule has 2 rings (SSSR count). The first-order chi connectivity index (χ1) is 8.88. The summed E-state index contributed by atoms with van der Waals surface area (Å²) in [7, 11) is 0. The summed E-state index contributed by atoms with van der Waals surface area (Å²) >= 11 is 0. The van der Waals surface area contributed by atoms with Crippen molar-refractivity contribution >= 4 is 24.2 Å². The van der Waals surface area contributed by atoms with Gasteiger partial charge in [-0.1, -0.05) is 54.6 Å². The molecule has 0 heterocycles. The van der Waals surface area contributed by atoms with E-state index in [4.69, 9.17) is 5.73 Å². The van der Waals surface area contributed by atoms with Gasteiger partial charge in [-0.3, -0.25) is 0 Å². The molecule has 0 radical (unpaired) electrons. The largest absolute Gasteiger partial charge is 0.381 e. The Labute approximate surface area is 120 Å². The minimum absolute atomic E-state index is 0. The first-order valence-corrected chi connectivity index (χ1v) is 6.13. The lowest BCUT2D eigenvalue weighted by Crippen LogP contribution is -1.98. The van der Waals surface area contributed by atoms with Gasteiger partial charge in [0.2, 0.25) is 0 Å². The van der Waals surface area contributed by atoms with Crippen molar-refractivity contribution < 1.29 is 0 Å². The minimum Gasteiger partial charge on any atom is -0.381 e. The van der Waals surface area contributed by atoms with Gasteiger partial charge in [-0.25, -0.2) is 0 Å². The van der Waals surface area contributed by atoms with Crippen LogP contribution in [-0.4, -0.2) is 6.54 Å². The Bertz CT molecular complexity index is 492. The van der Waals surface area contributed by atoms with E-state index < -0.39 is 0 Å². The molecule has 0 spiro atoms. The summed E-state index contributed by atoms with van der Waals surface area (Å²) in [5.74, 6) is 0. The Morgan fingerprint density at radius 3 is 2.26 bits per heavy atom. The third-order valence-electron chi connectivity index (χ3n) is 2.70. The fraction of sp³-hybridized carbons (Fsp3) is 0.125. The number of rotatable bonds is 5. The van der Waals surface area contributed by atoms with Crippen LogP contribution in [0, 0.1) is 0 Å². The van der Waals surface area contributed by atoms with Crippen LogP contribution in [-0.2, 0) is 6.54 Å². The van der Waals surface area contributed by atoms with Crippen molar-refractivity contribution in [2.24, 2.45) is 5.73 Å². The minimum atomic E-state index is 0. The molecular formula is C16H19ClN2. The summed E-state index contributed by atoms with van der Waals surface area (Å²) < 4.78 is 0. The Kier molecular flexibility index (Phi) is 6.72. The second kappa shape index (κ2) is 8.35. The Balaban J connectivity index is 0.00000180. The molecule has 2 nitrogen and oxygen atoms in total. The normalized spacial score (nSPS) is 10.2. The average molecular weight is 275 g/mol. The maximum atomic E-state index is 5.42. The number of benzene rings is 2. The quantitative estimate of drug-likeness (QED) is 0.873. The summed E-state index contributed by atoms with van der Waals surface area (Å²) in [5, 5.41) is 3.40. The van der Waals surface area contributed by atoms with Crippen LogP contribution >= 0.6 is 12.4 Å². The Hall–Kier alpha value is -1.77. The molecule has 0 aliphatic heterocycles. The Morgan fingerprint density at radius 1 is 0.947 bits per heavy atom. The molecule has 0 aliphatic rings. The van der Waals surface area contributed by atoms with Crippen LogP contribution < -0.4 is 11.1 Å². The van der Waals surface area contributed by atoms with Crippen molar-refractivity contribution in [1.29, 1.82) is 0 Å². The fourth-order valence-electron chi connectivity index (χ4n) is 1.72. The maximum Gasteiger partial charge on any atom is 0.0400 e. The van der Waals surface area contributed by atoms with Gasteiger partial charge in [0.1, 0.15) is 0 Å². The number of hydrogen-bond donors (Lipinski definition) is 2. The molecule has 3 N–H and O–H groups in total. The lowest BCUT2D eigenvalue weighted by molar-refractivity contribution is 1.15. The van der Waals surface area contributed by atoms with Crippen LogP contribution in [0.4, 0.5) is 5.69 Å². The lowest BCUT2D eigenvalue weighted by Gasteiger charge is -2.06. The molecular weight excluding hydrogens is 256 g/mol. The molecule has 3 heteroatoms. The van der Waals surface area contributed by atoms with Gasteiger partial charge in [-0.2, -0.15) is 0 Å². The van der Waals surface area contributed by atoms with E-state index in [2.05, 4.69) is 53.8 Å². The zero-order valence-corrected chi connectivity index (χ0v) is 11.6. The molecule has 0 aromatic heterocycles. The number of halogens is 1. The van der Waals surface area contributed by atoms with Crippen molar-refractivity contribution in [3.05, 3.63) is 71.8 Å². The van der Waals surface area contributed by atoms with Crippen molar-refractivity contribution in [3.63, 3.8) is 0 Å². The van der Waals surface area contributed by atoms with Crippen LogP contribution in [0.3, 0.4) is 0 Å². The molecule has 100 valence electrons. The van der Waals surface area contributed by atoms with Gasteiger partial charge >= 0.3 is 0 Å². The number of nitrogens with one attached hydrogen (secondary N) is 1. The molecule has 2 aromatic carbocycles. The summed E-state index contributed by atoms with van der Waals surface area (Å²) in [4.78, 5) is 0. The zero-order chi connectivity index (χ0) is 12.6. The van der Waals surface area contributed by atoms with Gasteiger partial charge in [0.05, 0.1) is 0 Å². The van der Waals surface area contributed by atoms with Crippen LogP contribution in [0.2, 0.25) is 0 Å². The van der Waals surface area contributed by atoms with Crippen LogP contribution in [0.1, 0.15) is 11.1 Å². The lowest BCUT2D eigenvalue weighted by atomic mass is 10.2. The van der Waals surface area contributed by atoms with E-state index in [9.17, 15) is 0 Å². The highest BCUT2D eigenvalue weighted by atomic mass is 35.5. The summed E-state index contributed by atoms with van der Waals surface area (Å²) in [6.07, 6.45) is 3.98. The van der Waals surface area contributed by atoms with E-state index in [1.807, 2.05) is 18.2 Å². The molecule has 0 bridgehead atoms. The first kappa shape index (κ1) is 15.3. The molecule has 0 fully saturated rings. The van der Waals surface area contributed by atoms with Gasteiger partial charge in [0.25, 0.3) is 0 Å². The highest BCUT2D eigenvalue weighted by Gasteiger charge is 1.93. The molecule has 2 aromatic rings. The third kappa shape index (κ3) is 5.16. The topological polar surface area (TPSA) is 38.0 Å². The highest BCUT2D eigenvalue weighted by Crippen LogP contribution is 2.12. The molecule has 0 saturated heterocycles. The predicted octanol–water partition coefficient (Wildman–Crippen LogP) is 3.69.